The van der Waals surface area contributed by atoms with E-state index in [1.54, 1.807) is 0 Å². The van der Waals surface area contributed by atoms with Crippen LogP contribution in [-0.4, -0.2) is 28.6 Å². The van der Waals surface area contributed by atoms with Crippen LogP contribution in [0.15, 0.2) is 24.3 Å². The zero-order chi connectivity index (χ0) is 17.5. The van der Waals surface area contributed by atoms with Crippen LogP contribution in [0.3, 0.4) is 0 Å². The molecule has 0 bridgehead atoms. The highest BCUT2D eigenvalue weighted by Gasteiger charge is 2.40. The van der Waals surface area contributed by atoms with Crippen molar-refractivity contribution in [3.8, 4) is 0 Å². The summed E-state index contributed by atoms with van der Waals surface area (Å²) in [5.41, 5.74) is 0. The first-order valence-electron chi connectivity index (χ1n) is 10.0. The van der Waals surface area contributed by atoms with E-state index in [-0.39, 0.29) is 0 Å². The van der Waals surface area contributed by atoms with Gasteiger partial charge >= 0.3 is 8.80 Å². The topological polar surface area (TPSA) is 27.7 Å². The van der Waals surface area contributed by atoms with Crippen LogP contribution in [-0.2, 0) is 13.3 Å². The fraction of sp³-hybridized carbons (Fsp3) is 0.800. The molecule has 1 aliphatic carbocycles. The molecule has 1 rings (SSSR count). The molecule has 0 saturated carbocycles. The number of hydrogen-bond donors (Lipinski definition) is 0. The summed E-state index contributed by atoms with van der Waals surface area (Å²) in [7, 11) is -2.53. The minimum absolute atomic E-state index is 0.582. The second kappa shape index (κ2) is 13.8. The van der Waals surface area contributed by atoms with E-state index in [0.29, 0.717) is 5.92 Å². The molecule has 0 fully saturated rings. The average molecular weight is 355 g/mol. The third-order valence-corrected chi connectivity index (χ3v) is 7.21. The third kappa shape index (κ3) is 9.16. The van der Waals surface area contributed by atoms with Crippen LogP contribution in [0.1, 0.15) is 72.1 Å². The largest absolute Gasteiger partial charge is 0.500 e. The predicted molar refractivity (Wildman–Crippen MR) is 104 cm³/mol. The maximum atomic E-state index is 6.29. The molecule has 0 heterocycles. The molecule has 0 radical (unpaired) electrons. The van der Waals surface area contributed by atoms with Gasteiger partial charge in [-0.1, -0.05) is 64.3 Å². The van der Waals surface area contributed by atoms with E-state index in [1.807, 2.05) is 0 Å². The Bertz CT molecular complexity index is 316. The maximum absolute atomic E-state index is 6.29. The molecule has 0 N–H and O–H groups in total. The summed E-state index contributed by atoms with van der Waals surface area (Å²) < 4.78 is 18.9. The van der Waals surface area contributed by atoms with Crippen LogP contribution in [0.25, 0.3) is 0 Å². The Morgan fingerprint density at radius 2 is 1.17 bits per heavy atom. The van der Waals surface area contributed by atoms with Gasteiger partial charge in [0.25, 0.3) is 0 Å². The van der Waals surface area contributed by atoms with Crippen LogP contribution >= 0.6 is 0 Å². The number of hydrogen-bond acceptors (Lipinski definition) is 3. The molecule has 0 unspecified atom stereocenters. The van der Waals surface area contributed by atoms with Crippen molar-refractivity contribution in [1.29, 1.82) is 0 Å². The van der Waals surface area contributed by atoms with Crippen molar-refractivity contribution >= 4 is 8.80 Å². The summed E-state index contributed by atoms with van der Waals surface area (Å²) in [5.74, 6) is 0.582. The van der Waals surface area contributed by atoms with Gasteiger partial charge in [0, 0.05) is 25.9 Å². The van der Waals surface area contributed by atoms with Crippen LogP contribution < -0.4 is 0 Å². The first-order chi connectivity index (χ1) is 11.8. The molecule has 3 nitrogen and oxygen atoms in total. The summed E-state index contributed by atoms with van der Waals surface area (Å²) >= 11 is 0. The molecular weight excluding hydrogens is 316 g/mol. The summed E-state index contributed by atoms with van der Waals surface area (Å²) in [6.45, 7) is 8.89. The fourth-order valence-electron chi connectivity index (χ4n) is 2.68. The molecule has 1 aliphatic rings. The van der Waals surface area contributed by atoms with Crippen molar-refractivity contribution in [3.05, 3.63) is 24.3 Å². The molecule has 24 heavy (non-hydrogen) atoms. The molecule has 140 valence electrons. The van der Waals surface area contributed by atoms with Gasteiger partial charge in [0.15, 0.2) is 0 Å². The van der Waals surface area contributed by atoms with E-state index < -0.39 is 8.80 Å². The third-order valence-electron chi connectivity index (χ3n) is 4.31. The summed E-state index contributed by atoms with van der Waals surface area (Å²) in [4.78, 5) is 0. The van der Waals surface area contributed by atoms with Crippen molar-refractivity contribution in [2.75, 3.05) is 19.8 Å². The molecule has 0 aromatic heterocycles. The van der Waals surface area contributed by atoms with Crippen molar-refractivity contribution in [1.82, 2.24) is 0 Å². The normalized spacial score (nSPS) is 14.8. The predicted octanol–water partition coefficient (Wildman–Crippen LogP) is 5.90. The van der Waals surface area contributed by atoms with E-state index in [4.69, 9.17) is 13.3 Å². The van der Waals surface area contributed by atoms with Gasteiger partial charge in [0.1, 0.15) is 0 Å². The van der Waals surface area contributed by atoms with Gasteiger partial charge in [-0.2, -0.15) is 0 Å². The molecule has 0 aliphatic heterocycles. The Morgan fingerprint density at radius 3 is 1.58 bits per heavy atom. The Labute approximate surface area is 150 Å². The Kier molecular flexibility index (Phi) is 12.5. The summed E-state index contributed by atoms with van der Waals surface area (Å²) in [5, 5.41) is 0. The van der Waals surface area contributed by atoms with Crippen molar-refractivity contribution in [3.63, 3.8) is 0 Å². The molecule has 4 heteroatoms. The van der Waals surface area contributed by atoms with Crippen molar-refractivity contribution < 1.29 is 13.3 Å². The van der Waals surface area contributed by atoms with Crippen LogP contribution in [0.5, 0.6) is 0 Å². The lowest BCUT2D eigenvalue weighted by molar-refractivity contribution is 0.0556. The van der Waals surface area contributed by atoms with Crippen LogP contribution in [0.4, 0.5) is 0 Å². The standard InChI is InChI=1S/C20H38O3Si/c1-4-7-16-21-24(22-17-8-5-2,23-18-9-6-3)19-12-15-20-13-10-11-14-20/h10-11,13-14,20H,4-9,12,15-19H2,1-3H3. The summed E-state index contributed by atoms with van der Waals surface area (Å²) in [6, 6.07) is 0.947. The Balaban J connectivity index is 2.57. The van der Waals surface area contributed by atoms with E-state index in [9.17, 15) is 0 Å². The quantitative estimate of drug-likeness (QED) is 0.255. The van der Waals surface area contributed by atoms with E-state index in [1.165, 1.54) is 0 Å². The van der Waals surface area contributed by atoms with Crippen molar-refractivity contribution in [2.45, 2.75) is 78.2 Å². The van der Waals surface area contributed by atoms with Crippen molar-refractivity contribution in [2.24, 2.45) is 5.92 Å². The van der Waals surface area contributed by atoms with Gasteiger partial charge in [-0.15, -0.1) is 0 Å². The lowest BCUT2D eigenvalue weighted by atomic mass is 10.1. The van der Waals surface area contributed by atoms with Gasteiger partial charge in [-0.3, -0.25) is 0 Å². The second-order valence-corrected chi connectivity index (χ2v) is 9.35. The highest BCUT2D eigenvalue weighted by Crippen LogP contribution is 2.24. The zero-order valence-corrected chi connectivity index (χ0v) is 17.1. The molecule has 0 saturated heterocycles. The molecule has 0 aromatic carbocycles. The van der Waals surface area contributed by atoms with Gasteiger partial charge in [-0.25, -0.2) is 0 Å². The van der Waals surface area contributed by atoms with Gasteiger partial charge in [0.2, 0.25) is 0 Å². The minimum Gasteiger partial charge on any atom is -0.373 e. The smallest absolute Gasteiger partial charge is 0.373 e. The SMILES string of the molecule is CCCCO[Si](CCCC1C=CC=C1)(OCCCC)OCCCC. The Morgan fingerprint density at radius 1 is 0.708 bits per heavy atom. The fourth-order valence-corrected chi connectivity index (χ4v) is 5.37. The molecule has 0 spiro atoms. The molecule has 0 amide bonds. The number of allylic oxidation sites excluding steroid dienone is 4. The van der Waals surface area contributed by atoms with Crippen LogP contribution in [0.2, 0.25) is 6.04 Å². The minimum atomic E-state index is -2.53. The van der Waals surface area contributed by atoms with E-state index in [0.717, 1.165) is 77.2 Å². The lowest BCUT2D eigenvalue weighted by Crippen LogP contribution is -2.46. The average Bonchev–Trinajstić information content (AvgIpc) is 3.09. The molecular formula is C20H38O3Si. The first kappa shape index (κ1) is 21.6. The maximum Gasteiger partial charge on any atom is 0.500 e. The van der Waals surface area contributed by atoms with Gasteiger partial charge in [-0.05, 0) is 38.0 Å². The van der Waals surface area contributed by atoms with Gasteiger partial charge in [0.05, 0.1) is 0 Å². The highest BCUT2D eigenvalue weighted by molar-refractivity contribution is 6.60. The van der Waals surface area contributed by atoms with E-state index >= 15 is 0 Å². The molecule has 0 aromatic rings. The monoisotopic (exact) mass is 354 g/mol. The first-order valence-corrected chi connectivity index (χ1v) is 12.0. The summed E-state index contributed by atoms with van der Waals surface area (Å²) in [6.07, 6.45) is 17.8. The second-order valence-electron chi connectivity index (χ2n) is 6.61. The van der Waals surface area contributed by atoms with Crippen LogP contribution in [0, 0.1) is 5.92 Å². The highest BCUT2D eigenvalue weighted by atomic mass is 28.4. The molecule has 0 atom stereocenters. The zero-order valence-electron chi connectivity index (χ0n) is 16.1. The Hall–Kier alpha value is -0.423. The number of unbranched alkanes of at least 4 members (excludes halogenated alkanes) is 3. The van der Waals surface area contributed by atoms with Gasteiger partial charge < -0.3 is 13.3 Å². The number of rotatable bonds is 16. The lowest BCUT2D eigenvalue weighted by Gasteiger charge is -2.30. The van der Waals surface area contributed by atoms with E-state index in [2.05, 4.69) is 45.1 Å².